The normalized spacial score (nSPS) is 12.6. The van der Waals surface area contributed by atoms with Crippen molar-refractivity contribution >= 4 is 11.9 Å². The third-order valence-corrected chi connectivity index (χ3v) is 9.10. The molecule has 0 aromatic rings. The van der Waals surface area contributed by atoms with E-state index in [1.54, 1.807) is 0 Å². The molecule has 0 amide bonds. The van der Waals surface area contributed by atoms with E-state index in [0.717, 1.165) is 64.2 Å². The smallest absolute Gasteiger partial charge is 0.306 e. The van der Waals surface area contributed by atoms with Crippen LogP contribution in [-0.2, 0) is 19.1 Å². The SMILES string of the molecule is CCCCC/C=C/C/C=C/C/C=C/CCCCCCC(=O)O[C@@H](CO)COC(=O)CCCCCCCCCCC/C=C/CCCCCCCC. The van der Waals surface area contributed by atoms with E-state index in [4.69, 9.17) is 9.47 Å². The number of ether oxygens (including phenoxy) is 2. The first-order chi connectivity index (χ1) is 24.6. The van der Waals surface area contributed by atoms with Gasteiger partial charge in [-0.2, -0.15) is 0 Å². The number of allylic oxidation sites excluding steroid dienone is 8. The average molecular weight is 701 g/mol. The fourth-order valence-corrected chi connectivity index (χ4v) is 5.85. The van der Waals surface area contributed by atoms with E-state index in [9.17, 15) is 14.7 Å². The maximum Gasteiger partial charge on any atom is 0.306 e. The van der Waals surface area contributed by atoms with Gasteiger partial charge in [-0.25, -0.2) is 0 Å². The summed E-state index contributed by atoms with van der Waals surface area (Å²) in [6, 6.07) is 0. The van der Waals surface area contributed by atoms with Gasteiger partial charge in [-0.15, -0.1) is 0 Å². The van der Waals surface area contributed by atoms with Crippen molar-refractivity contribution in [1.29, 1.82) is 0 Å². The summed E-state index contributed by atoms with van der Waals surface area (Å²) in [6.45, 7) is 4.09. The summed E-state index contributed by atoms with van der Waals surface area (Å²) in [6.07, 6.45) is 51.7. The number of aliphatic hydroxyl groups excluding tert-OH is 1. The minimum atomic E-state index is -0.784. The van der Waals surface area contributed by atoms with Crippen LogP contribution in [0.2, 0.25) is 0 Å². The zero-order valence-corrected chi connectivity index (χ0v) is 32.9. The van der Waals surface area contributed by atoms with E-state index in [1.807, 2.05) is 0 Å². The molecular formula is C45H80O5. The summed E-state index contributed by atoms with van der Waals surface area (Å²) >= 11 is 0. The summed E-state index contributed by atoms with van der Waals surface area (Å²) in [5, 5.41) is 9.57. The molecule has 1 atom stereocenters. The van der Waals surface area contributed by atoms with Gasteiger partial charge >= 0.3 is 11.9 Å². The molecular weight excluding hydrogens is 620 g/mol. The molecule has 0 aliphatic carbocycles. The molecule has 0 unspecified atom stereocenters. The zero-order chi connectivity index (χ0) is 36.4. The van der Waals surface area contributed by atoms with Crippen LogP contribution >= 0.6 is 0 Å². The lowest BCUT2D eigenvalue weighted by atomic mass is 10.1. The van der Waals surface area contributed by atoms with Gasteiger partial charge in [-0.1, -0.05) is 165 Å². The van der Waals surface area contributed by atoms with Crippen LogP contribution in [0.5, 0.6) is 0 Å². The number of esters is 2. The molecule has 0 saturated heterocycles. The van der Waals surface area contributed by atoms with Gasteiger partial charge < -0.3 is 14.6 Å². The Morgan fingerprint density at radius 2 is 0.800 bits per heavy atom. The van der Waals surface area contributed by atoms with Crippen molar-refractivity contribution in [2.75, 3.05) is 13.2 Å². The number of aliphatic hydroxyl groups is 1. The molecule has 0 fully saturated rings. The van der Waals surface area contributed by atoms with Crippen LogP contribution < -0.4 is 0 Å². The Labute approximate surface area is 309 Å². The molecule has 1 N–H and O–H groups in total. The zero-order valence-electron chi connectivity index (χ0n) is 32.9. The molecule has 0 aromatic heterocycles. The molecule has 5 nitrogen and oxygen atoms in total. The second-order valence-corrected chi connectivity index (χ2v) is 14.1. The number of carbonyl (C=O) groups excluding carboxylic acids is 2. The Morgan fingerprint density at radius 3 is 1.26 bits per heavy atom. The van der Waals surface area contributed by atoms with Crippen LogP contribution in [0.3, 0.4) is 0 Å². The highest BCUT2D eigenvalue weighted by molar-refractivity contribution is 5.70. The van der Waals surface area contributed by atoms with Gasteiger partial charge in [0.1, 0.15) is 6.61 Å². The van der Waals surface area contributed by atoms with Crippen LogP contribution in [0.25, 0.3) is 0 Å². The van der Waals surface area contributed by atoms with E-state index in [2.05, 4.69) is 62.5 Å². The molecule has 50 heavy (non-hydrogen) atoms. The van der Waals surface area contributed by atoms with Gasteiger partial charge in [-0.05, 0) is 77.0 Å². The van der Waals surface area contributed by atoms with Gasteiger partial charge in [-0.3, -0.25) is 9.59 Å². The largest absolute Gasteiger partial charge is 0.462 e. The molecule has 0 saturated carbocycles. The molecule has 0 radical (unpaired) electrons. The standard InChI is InChI=1S/C45H80O5/c1-3-5-7-9-11-13-15-17-19-21-22-24-25-27-29-31-33-35-37-39-44(47)49-42-43(41-46)50-45(48)40-38-36-34-32-30-28-26-23-20-18-16-14-12-10-8-6-4-2/h12,14,17-20,26,28,43,46H,3-11,13,15-16,21-25,27,29-42H2,1-2H3/b14-12+,19-17+,20-18+,28-26+/t43-/m0/s1. The first kappa shape index (κ1) is 47.9. The number of hydrogen-bond acceptors (Lipinski definition) is 5. The van der Waals surface area contributed by atoms with Gasteiger partial charge in [0, 0.05) is 12.8 Å². The highest BCUT2D eigenvalue weighted by atomic mass is 16.6. The van der Waals surface area contributed by atoms with E-state index in [1.165, 1.54) is 116 Å². The molecule has 5 heteroatoms. The second kappa shape index (κ2) is 41.3. The van der Waals surface area contributed by atoms with Gasteiger partial charge in [0.25, 0.3) is 0 Å². The van der Waals surface area contributed by atoms with E-state index in [-0.39, 0.29) is 25.2 Å². The Kier molecular flexibility index (Phi) is 39.5. The van der Waals surface area contributed by atoms with E-state index >= 15 is 0 Å². The summed E-state index contributed by atoms with van der Waals surface area (Å²) < 4.78 is 10.6. The summed E-state index contributed by atoms with van der Waals surface area (Å²) in [5.41, 5.74) is 0. The van der Waals surface area contributed by atoms with Crippen molar-refractivity contribution < 1.29 is 24.2 Å². The summed E-state index contributed by atoms with van der Waals surface area (Å²) in [7, 11) is 0. The monoisotopic (exact) mass is 701 g/mol. The molecule has 0 heterocycles. The number of hydrogen-bond donors (Lipinski definition) is 1. The van der Waals surface area contributed by atoms with Gasteiger partial charge in [0.2, 0.25) is 0 Å². The molecule has 0 rings (SSSR count). The Balaban J connectivity index is 3.58. The number of carbonyl (C=O) groups is 2. The molecule has 290 valence electrons. The van der Waals surface area contributed by atoms with Gasteiger partial charge in [0.05, 0.1) is 6.61 Å². The number of unbranched alkanes of at least 4 members (excludes halogenated alkanes) is 22. The van der Waals surface area contributed by atoms with Crippen LogP contribution in [-0.4, -0.2) is 36.4 Å². The predicted octanol–water partition coefficient (Wildman–Crippen LogP) is 13.4. The maximum atomic E-state index is 12.2. The van der Waals surface area contributed by atoms with Crippen molar-refractivity contribution in [1.82, 2.24) is 0 Å². The van der Waals surface area contributed by atoms with Crippen molar-refractivity contribution in [3.8, 4) is 0 Å². The maximum absolute atomic E-state index is 12.2. The minimum absolute atomic E-state index is 0.0761. The molecule has 0 spiro atoms. The van der Waals surface area contributed by atoms with E-state index < -0.39 is 6.10 Å². The Hall–Kier alpha value is -2.14. The lowest BCUT2D eigenvalue weighted by Gasteiger charge is -2.15. The fraction of sp³-hybridized carbons (Fsp3) is 0.778. The quantitative estimate of drug-likeness (QED) is 0.0394. The lowest BCUT2D eigenvalue weighted by Crippen LogP contribution is -2.28. The van der Waals surface area contributed by atoms with Crippen molar-refractivity contribution in [2.24, 2.45) is 0 Å². The summed E-state index contributed by atoms with van der Waals surface area (Å²) in [5.74, 6) is -0.617. The second-order valence-electron chi connectivity index (χ2n) is 14.1. The Bertz CT molecular complexity index is 842. The fourth-order valence-electron chi connectivity index (χ4n) is 5.85. The van der Waals surface area contributed by atoms with Crippen molar-refractivity contribution in [3.63, 3.8) is 0 Å². The minimum Gasteiger partial charge on any atom is -0.462 e. The predicted molar refractivity (Wildman–Crippen MR) is 214 cm³/mol. The van der Waals surface area contributed by atoms with Crippen molar-refractivity contribution in [3.05, 3.63) is 48.6 Å². The van der Waals surface area contributed by atoms with Crippen LogP contribution in [0.1, 0.15) is 206 Å². The highest BCUT2D eigenvalue weighted by Gasteiger charge is 2.16. The summed E-state index contributed by atoms with van der Waals surface area (Å²) in [4.78, 5) is 24.3. The Morgan fingerprint density at radius 1 is 0.460 bits per heavy atom. The molecule has 0 aliphatic heterocycles. The number of rotatable bonds is 38. The molecule has 0 aromatic carbocycles. The third kappa shape index (κ3) is 38.7. The molecule has 0 aliphatic rings. The first-order valence-electron chi connectivity index (χ1n) is 21.2. The topological polar surface area (TPSA) is 72.8 Å². The van der Waals surface area contributed by atoms with Crippen LogP contribution in [0, 0.1) is 0 Å². The third-order valence-electron chi connectivity index (χ3n) is 9.10. The lowest BCUT2D eigenvalue weighted by molar-refractivity contribution is -0.161. The molecule has 0 bridgehead atoms. The average Bonchev–Trinajstić information content (AvgIpc) is 3.12. The van der Waals surface area contributed by atoms with Crippen LogP contribution in [0.15, 0.2) is 48.6 Å². The highest BCUT2D eigenvalue weighted by Crippen LogP contribution is 2.13. The van der Waals surface area contributed by atoms with Crippen molar-refractivity contribution in [2.45, 2.75) is 213 Å². The van der Waals surface area contributed by atoms with E-state index in [0.29, 0.717) is 12.8 Å². The first-order valence-corrected chi connectivity index (χ1v) is 21.2. The van der Waals surface area contributed by atoms with Crippen LogP contribution in [0.4, 0.5) is 0 Å². The van der Waals surface area contributed by atoms with Gasteiger partial charge in [0.15, 0.2) is 6.10 Å².